The molecule has 2 atom stereocenters. The Labute approximate surface area is 116 Å². The Hall–Kier alpha value is -2.11. The standard InChI is InChI=1S/C14H17FN2O3/c15-10-4-2-6-12(8-10)17-14(20)16-11-5-1-3-9(7-11)13(18)19/h2,4,6,8-9,11H,1,3,5,7H2,(H,18,19)(H2,16,17,20). The van der Waals surface area contributed by atoms with E-state index in [0.717, 1.165) is 12.8 Å². The van der Waals surface area contributed by atoms with E-state index in [1.54, 1.807) is 6.07 Å². The van der Waals surface area contributed by atoms with E-state index in [0.29, 0.717) is 18.5 Å². The van der Waals surface area contributed by atoms with Crippen LogP contribution in [0.25, 0.3) is 0 Å². The largest absolute Gasteiger partial charge is 0.481 e. The van der Waals surface area contributed by atoms with Gasteiger partial charge in [-0.1, -0.05) is 12.5 Å². The van der Waals surface area contributed by atoms with Crippen LogP contribution in [-0.2, 0) is 4.79 Å². The Balaban J connectivity index is 1.86. The lowest BCUT2D eigenvalue weighted by Crippen LogP contribution is -2.42. The van der Waals surface area contributed by atoms with E-state index in [1.165, 1.54) is 18.2 Å². The van der Waals surface area contributed by atoms with Gasteiger partial charge in [0, 0.05) is 11.7 Å². The average Bonchev–Trinajstić information content (AvgIpc) is 2.38. The summed E-state index contributed by atoms with van der Waals surface area (Å²) in [5, 5.41) is 14.3. The first-order chi connectivity index (χ1) is 9.54. The fourth-order valence-electron chi connectivity index (χ4n) is 2.46. The minimum absolute atomic E-state index is 0.154. The van der Waals surface area contributed by atoms with Crippen LogP contribution in [0.1, 0.15) is 25.7 Å². The van der Waals surface area contributed by atoms with Gasteiger partial charge in [-0.3, -0.25) is 4.79 Å². The molecule has 0 spiro atoms. The van der Waals surface area contributed by atoms with Gasteiger partial charge in [-0.15, -0.1) is 0 Å². The molecule has 1 aromatic rings. The number of amides is 2. The van der Waals surface area contributed by atoms with Gasteiger partial charge < -0.3 is 15.7 Å². The predicted octanol–water partition coefficient (Wildman–Crippen LogP) is 2.59. The first-order valence-electron chi connectivity index (χ1n) is 6.60. The van der Waals surface area contributed by atoms with Crippen LogP contribution >= 0.6 is 0 Å². The number of nitrogens with one attached hydrogen (secondary N) is 2. The summed E-state index contributed by atoms with van der Waals surface area (Å²) in [5.74, 6) is -1.64. The third-order valence-corrected chi connectivity index (χ3v) is 3.44. The average molecular weight is 280 g/mol. The maximum atomic E-state index is 13.0. The third-order valence-electron chi connectivity index (χ3n) is 3.44. The number of carboxylic acid groups (broad SMARTS) is 1. The summed E-state index contributed by atoms with van der Waals surface area (Å²) in [4.78, 5) is 22.7. The smallest absolute Gasteiger partial charge is 0.319 e. The lowest BCUT2D eigenvalue weighted by Gasteiger charge is -2.27. The molecule has 5 nitrogen and oxygen atoms in total. The van der Waals surface area contributed by atoms with Crippen LogP contribution in [0, 0.1) is 11.7 Å². The fourth-order valence-corrected chi connectivity index (χ4v) is 2.46. The Morgan fingerprint density at radius 2 is 2.10 bits per heavy atom. The Morgan fingerprint density at radius 3 is 2.80 bits per heavy atom. The highest BCUT2D eigenvalue weighted by atomic mass is 19.1. The number of aliphatic carboxylic acids is 1. The monoisotopic (exact) mass is 280 g/mol. The van der Waals surface area contributed by atoms with E-state index in [2.05, 4.69) is 10.6 Å². The molecule has 2 unspecified atom stereocenters. The summed E-state index contributed by atoms with van der Waals surface area (Å²) in [6, 6.07) is 5.02. The highest BCUT2D eigenvalue weighted by Gasteiger charge is 2.27. The van der Waals surface area contributed by atoms with E-state index >= 15 is 0 Å². The van der Waals surface area contributed by atoms with Crippen LogP contribution in [0.15, 0.2) is 24.3 Å². The number of benzene rings is 1. The molecule has 1 saturated carbocycles. The molecule has 1 fully saturated rings. The van der Waals surface area contributed by atoms with Crippen molar-refractivity contribution < 1.29 is 19.1 Å². The number of urea groups is 1. The second-order valence-electron chi connectivity index (χ2n) is 5.01. The molecule has 0 bridgehead atoms. The maximum absolute atomic E-state index is 13.0. The summed E-state index contributed by atoms with van der Waals surface area (Å²) < 4.78 is 13.0. The molecule has 2 rings (SSSR count). The number of anilines is 1. The molecule has 0 heterocycles. The van der Waals surface area contributed by atoms with Gasteiger partial charge in [0.2, 0.25) is 0 Å². The number of rotatable bonds is 3. The number of hydrogen-bond acceptors (Lipinski definition) is 2. The van der Waals surface area contributed by atoms with Gasteiger partial charge in [-0.05, 0) is 37.5 Å². The molecule has 108 valence electrons. The second-order valence-corrected chi connectivity index (χ2v) is 5.01. The maximum Gasteiger partial charge on any atom is 0.319 e. The van der Waals surface area contributed by atoms with Crippen molar-refractivity contribution >= 4 is 17.7 Å². The van der Waals surface area contributed by atoms with Gasteiger partial charge in [0.25, 0.3) is 0 Å². The van der Waals surface area contributed by atoms with E-state index in [4.69, 9.17) is 5.11 Å². The van der Waals surface area contributed by atoms with Crippen LogP contribution in [0.3, 0.4) is 0 Å². The zero-order chi connectivity index (χ0) is 14.5. The van der Waals surface area contributed by atoms with Crippen LogP contribution in [0.4, 0.5) is 14.9 Å². The Bertz CT molecular complexity index is 507. The van der Waals surface area contributed by atoms with Crippen molar-refractivity contribution in [3.63, 3.8) is 0 Å². The number of halogens is 1. The molecule has 6 heteroatoms. The summed E-state index contributed by atoms with van der Waals surface area (Å²) in [6.07, 6.45) is 2.63. The zero-order valence-corrected chi connectivity index (χ0v) is 10.9. The van der Waals surface area contributed by atoms with E-state index in [-0.39, 0.29) is 6.04 Å². The summed E-state index contributed by atoms with van der Waals surface area (Å²) in [7, 11) is 0. The van der Waals surface area contributed by atoms with Crippen LogP contribution < -0.4 is 10.6 Å². The van der Waals surface area contributed by atoms with Crippen molar-refractivity contribution in [3.8, 4) is 0 Å². The molecule has 0 radical (unpaired) electrons. The molecule has 0 saturated heterocycles. The molecule has 0 aromatic heterocycles. The van der Waals surface area contributed by atoms with Crippen molar-refractivity contribution in [2.24, 2.45) is 5.92 Å². The highest BCUT2D eigenvalue weighted by Crippen LogP contribution is 2.24. The summed E-state index contributed by atoms with van der Waals surface area (Å²) in [5.41, 5.74) is 0.369. The molecule has 20 heavy (non-hydrogen) atoms. The van der Waals surface area contributed by atoms with Crippen molar-refractivity contribution in [2.75, 3.05) is 5.32 Å². The van der Waals surface area contributed by atoms with Crippen molar-refractivity contribution in [1.82, 2.24) is 5.32 Å². The van der Waals surface area contributed by atoms with E-state index in [1.807, 2.05) is 0 Å². The lowest BCUT2D eigenvalue weighted by molar-refractivity contribution is -0.143. The van der Waals surface area contributed by atoms with E-state index < -0.39 is 23.7 Å². The van der Waals surface area contributed by atoms with Crippen molar-refractivity contribution in [3.05, 3.63) is 30.1 Å². The SMILES string of the molecule is O=C(Nc1cccc(F)c1)NC1CCCC(C(=O)O)C1. The van der Waals surface area contributed by atoms with Gasteiger partial charge in [0.15, 0.2) is 0 Å². The fraction of sp³-hybridized carbons (Fsp3) is 0.429. The normalized spacial score (nSPS) is 22.1. The molecular weight excluding hydrogens is 263 g/mol. The second kappa shape index (κ2) is 6.36. The number of hydrogen-bond donors (Lipinski definition) is 3. The first kappa shape index (κ1) is 14.3. The molecule has 1 aliphatic rings. The highest BCUT2D eigenvalue weighted by molar-refractivity contribution is 5.89. The number of carboxylic acids is 1. The van der Waals surface area contributed by atoms with Crippen LogP contribution in [0.5, 0.6) is 0 Å². The summed E-state index contributed by atoms with van der Waals surface area (Å²) in [6.45, 7) is 0. The van der Waals surface area contributed by atoms with Gasteiger partial charge >= 0.3 is 12.0 Å². The van der Waals surface area contributed by atoms with Crippen molar-refractivity contribution in [2.45, 2.75) is 31.7 Å². The Morgan fingerprint density at radius 1 is 1.30 bits per heavy atom. The van der Waals surface area contributed by atoms with Gasteiger partial charge in [0.05, 0.1) is 5.92 Å². The molecule has 1 aromatic carbocycles. The quantitative estimate of drug-likeness (QED) is 0.796. The van der Waals surface area contributed by atoms with Gasteiger partial charge in [-0.2, -0.15) is 0 Å². The minimum atomic E-state index is -0.818. The zero-order valence-electron chi connectivity index (χ0n) is 10.9. The predicted molar refractivity (Wildman–Crippen MR) is 71.9 cm³/mol. The summed E-state index contributed by atoms with van der Waals surface area (Å²) >= 11 is 0. The molecular formula is C14H17FN2O3. The Kier molecular flexibility index (Phi) is 4.55. The molecule has 3 N–H and O–H groups in total. The van der Waals surface area contributed by atoms with Crippen molar-refractivity contribution in [1.29, 1.82) is 0 Å². The molecule has 0 aliphatic heterocycles. The third kappa shape index (κ3) is 3.94. The topological polar surface area (TPSA) is 78.4 Å². The minimum Gasteiger partial charge on any atom is -0.481 e. The molecule has 2 amide bonds. The first-order valence-corrected chi connectivity index (χ1v) is 6.60. The van der Waals surface area contributed by atoms with Gasteiger partial charge in [0.1, 0.15) is 5.82 Å². The lowest BCUT2D eigenvalue weighted by atomic mass is 9.86. The number of carbonyl (C=O) groups excluding carboxylic acids is 1. The van der Waals surface area contributed by atoms with E-state index in [9.17, 15) is 14.0 Å². The number of carbonyl (C=O) groups is 2. The molecule has 1 aliphatic carbocycles. The van der Waals surface area contributed by atoms with Crippen LogP contribution in [0.2, 0.25) is 0 Å². The van der Waals surface area contributed by atoms with Gasteiger partial charge in [-0.25, -0.2) is 9.18 Å². The van der Waals surface area contributed by atoms with Crippen LogP contribution in [-0.4, -0.2) is 23.1 Å².